The third-order valence-corrected chi connectivity index (χ3v) is 2.06. The summed E-state index contributed by atoms with van der Waals surface area (Å²) < 4.78 is 0. The van der Waals surface area contributed by atoms with E-state index in [1.165, 1.54) is 5.56 Å². The quantitative estimate of drug-likeness (QED) is 0.724. The van der Waals surface area contributed by atoms with Gasteiger partial charge in [0.2, 0.25) is 0 Å². The highest BCUT2D eigenvalue weighted by Crippen LogP contribution is 2.18. The second kappa shape index (κ2) is 4.07. The molecule has 0 aliphatic rings. The lowest BCUT2D eigenvalue weighted by atomic mass is 9.99. The SMILES string of the molecule is C=Cc1ccccc1C(N)CC. The van der Waals surface area contributed by atoms with Gasteiger partial charge in [0.25, 0.3) is 0 Å². The van der Waals surface area contributed by atoms with E-state index in [2.05, 4.69) is 19.6 Å². The van der Waals surface area contributed by atoms with Crippen LogP contribution in [0.4, 0.5) is 0 Å². The van der Waals surface area contributed by atoms with Crippen LogP contribution in [0.25, 0.3) is 6.08 Å². The molecule has 0 amide bonds. The molecule has 64 valence electrons. The first-order chi connectivity index (χ1) is 5.79. The van der Waals surface area contributed by atoms with Crippen LogP contribution < -0.4 is 5.73 Å². The number of hydrogen-bond acceptors (Lipinski definition) is 1. The van der Waals surface area contributed by atoms with Crippen LogP contribution in [-0.4, -0.2) is 0 Å². The Morgan fingerprint density at radius 1 is 1.50 bits per heavy atom. The predicted molar refractivity (Wildman–Crippen MR) is 53.8 cm³/mol. The lowest BCUT2D eigenvalue weighted by Crippen LogP contribution is -2.09. The Balaban J connectivity index is 3.04. The minimum absolute atomic E-state index is 0.138. The molecule has 1 unspecified atom stereocenters. The first-order valence-electron chi connectivity index (χ1n) is 4.26. The zero-order valence-corrected chi connectivity index (χ0v) is 7.46. The molecule has 0 saturated heterocycles. The Bertz CT molecular complexity index is 265. The highest BCUT2D eigenvalue weighted by molar-refractivity contribution is 5.52. The standard InChI is InChI=1S/C11H15N/c1-3-9-7-5-6-8-10(9)11(12)4-2/h3,5-8,11H,1,4,12H2,2H3. The van der Waals surface area contributed by atoms with Crippen molar-refractivity contribution >= 4 is 6.08 Å². The lowest BCUT2D eigenvalue weighted by molar-refractivity contribution is 0.697. The maximum Gasteiger partial charge on any atom is 0.0298 e. The van der Waals surface area contributed by atoms with Crippen LogP contribution in [0.3, 0.4) is 0 Å². The Morgan fingerprint density at radius 2 is 2.17 bits per heavy atom. The van der Waals surface area contributed by atoms with Crippen molar-refractivity contribution in [2.24, 2.45) is 5.73 Å². The normalized spacial score (nSPS) is 12.5. The van der Waals surface area contributed by atoms with Crippen molar-refractivity contribution < 1.29 is 0 Å². The van der Waals surface area contributed by atoms with E-state index in [0.717, 1.165) is 12.0 Å². The monoisotopic (exact) mass is 161 g/mol. The molecule has 0 aliphatic carbocycles. The van der Waals surface area contributed by atoms with Gasteiger partial charge in [-0.2, -0.15) is 0 Å². The molecule has 1 heteroatoms. The first-order valence-corrected chi connectivity index (χ1v) is 4.26. The number of rotatable bonds is 3. The third-order valence-electron chi connectivity index (χ3n) is 2.06. The van der Waals surface area contributed by atoms with Crippen LogP contribution in [0, 0.1) is 0 Å². The Morgan fingerprint density at radius 3 is 2.75 bits per heavy atom. The molecule has 0 aliphatic heterocycles. The summed E-state index contributed by atoms with van der Waals surface area (Å²) in [7, 11) is 0. The van der Waals surface area contributed by atoms with Crippen molar-refractivity contribution in [2.75, 3.05) is 0 Å². The average Bonchev–Trinajstić information content (AvgIpc) is 2.16. The van der Waals surface area contributed by atoms with Gasteiger partial charge in [-0.05, 0) is 17.5 Å². The fourth-order valence-electron chi connectivity index (χ4n) is 1.25. The van der Waals surface area contributed by atoms with E-state index in [-0.39, 0.29) is 6.04 Å². The van der Waals surface area contributed by atoms with Gasteiger partial charge in [0.1, 0.15) is 0 Å². The lowest BCUT2D eigenvalue weighted by Gasteiger charge is -2.11. The summed E-state index contributed by atoms with van der Waals surface area (Å²) in [6.07, 6.45) is 2.82. The maximum absolute atomic E-state index is 5.92. The molecule has 1 aromatic rings. The van der Waals surface area contributed by atoms with Crippen LogP contribution >= 0.6 is 0 Å². The van der Waals surface area contributed by atoms with Crippen molar-refractivity contribution in [2.45, 2.75) is 19.4 Å². The molecule has 0 radical (unpaired) electrons. The van der Waals surface area contributed by atoms with Crippen molar-refractivity contribution in [1.29, 1.82) is 0 Å². The van der Waals surface area contributed by atoms with Gasteiger partial charge in [-0.1, -0.05) is 43.8 Å². The molecule has 1 aromatic carbocycles. The van der Waals surface area contributed by atoms with Gasteiger partial charge < -0.3 is 5.73 Å². The topological polar surface area (TPSA) is 26.0 Å². The van der Waals surface area contributed by atoms with E-state index in [4.69, 9.17) is 5.73 Å². The first kappa shape index (κ1) is 9.01. The molecule has 1 atom stereocenters. The number of nitrogens with two attached hydrogens (primary N) is 1. The van der Waals surface area contributed by atoms with E-state index in [0.29, 0.717) is 0 Å². The third kappa shape index (κ3) is 1.74. The Labute approximate surface area is 73.9 Å². The molecule has 0 heterocycles. The second-order valence-corrected chi connectivity index (χ2v) is 2.85. The highest BCUT2D eigenvalue weighted by atomic mass is 14.6. The summed E-state index contributed by atoms with van der Waals surface area (Å²) in [6.45, 7) is 5.84. The molecule has 1 rings (SSSR count). The maximum atomic E-state index is 5.92. The van der Waals surface area contributed by atoms with E-state index in [1.807, 2.05) is 24.3 Å². The molecular weight excluding hydrogens is 146 g/mol. The van der Waals surface area contributed by atoms with E-state index in [9.17, 15) is 0 Å². The van der Waals surface area contributed by atoms with Gasteiger partial charge in [0.05, 0.1) is 0 Å². The van der Waals surface area contributed by atoms with Gasteiger partial charge in [0, 0.05) is 6.04 Å². The summed E-state index contributed by atoms with van der Waals surface area (Å²) in [5.74, 6) is 0. The second-order valence-electron chi connectivity index (χ2n) is 2.85. The Kier molecular flexibility index (Phi) is 3.06. The summed E-state index contributed by atoms with van der Waals surface area (Å²) in [5, 5.41) is 0. The van der Waals surface area contributed by atoms with E-state index < -0.39 is 0 Å². The summed E-state index contributed by atoms with van der Waals surface area (Å²) >= 11 is 0. The molecule has 0 bridgehead atoms. The molecule has 1 nitrogen and oxygen atoms in total. The van der Waals surface area contributed by atoms with Crippen LogP contribution in [-0.2, 0) is 0 Å². The smallest absolute Gasteiger partial charge is 0.0298 e. The van der Waals surface area contributed by atoms with Gasteiger partial charge in [0.15, 0.2) is 0 Å². The zero-order valence-electron chi connectivity index (χ0n) is 7.46. The van der Waals surface area contributed by atoms with E-state index >= 15 is 0 Å². The minimum Gasteiger partial charge on any atom is -0.324 e. The fraction of sp³-hybridized carbons (Fsp3) is 0.273. The molecular formula is C11H15N. The fourth-order valence-corrected chi connectivity index (χ4v) is 1.25. The van der Waals surface area contributed by atoms with Gasteiger partial charge in [-0.25, -0.2) is 0 Å². The molecule has 2 N–H and O–H groups in total. The van der Waals surface area contributed by atoms with Gasteiger partial charge in [-0.15, -0.1) is 0 Å². The van der Waals surface area contributed by atoms with Crippen molar-refractivity contribution in [3.05, 3.63) is 42.0 Å². The molecule has 0 saturated carbocycles. The van der Waals surface area contributed by atoms with Crippen LogP contribution in [0.1, 0.15) is 30.5 Å². The molecule has 0 aromatic heterocycles. The molecule has 0 spiro atoms. The van der Waals surface area contributed by atoms with Gasteiger partial charge >= 0.3 is 0 Å². The minimum atomic E-state index is 0.138. The number of hydrogen-bond donors (Lipinski definition) is 1. The van der Waals surface area contributed by atoms with Crippen LogP contribution in [0.5, 0.6) is 0 Å². The Hall–Kier alpha value is -1.08. The molecule has 12 heavy (non-hydrogen) atoms. The van der Waals surface area contributed by atoms with Crippen molar-refractivity contribution in [3.8, 4) is 0 Å². The van der Waals surface area contributed by atoms with Crippen LogP contribution in [0.2, 0.25) is 0 Å². The zero-order chi connectivity index (χ0) is 8.97. The van der Waals surface area contributed by atoms with Crippen LogP contribution in [0.15, 0.2) is 30.8 Å². The van der Waals surface area contributed by atoms with E-state index in [1.54, 1.807) is 0 Å². The largest absolute Gasteiger partial charge is 0.324 e. The highest BCUT2D eigenvalue weighted by Gasteiger charge is 2.05. The molecule has 0 fully saturated rings. The van der Waals surface area contributed by atoms with Crippen molar-refractivity contribution in [3.63, 3.8) is 0 Å². The van der Waals surface area contributed by atoms with Gasteiger partial charge in [-0.3, -0.25) is 0 Å². The number of benzene rings is 1. The summed E-state index contributed by atoms with van der Waals surface area (Å²) in [5.41, 5.74) is 8.26. The average molecular weight is 161 g/mol. The van der Waals surface area contributed by atoms with Crippen molar-refractivity contribution in [1.82, 2.24) is 0 Å². The predicted octanol–water partition coefficient (Wildman–Crippen LogP) is 2.74. The summed E-state index contributed by atoms with van der Waals surface area (Å²) in [4.78, 5) is 0. The summed E-state index contributed by atoms with van der Waals surface area (Å²) in [6, 6.07) is 8.25.